The molecule has 3 aromatic rings. The summed E-state index contributed by atoms with van der Waals surface area (Å²) in [6, 6.07) is 17.8. The van der Waals surface area contributed by atoms with Crippen molar-refractivity contribution in [2.24, 2.45) is 0 Å². The van der Waals surface area contributed by atoms with Gasteiger partial charge in [0.15, 0.2) is 4.34 Å². The molecular weight excluding hydrogens is 352 g/mol. The van der Waals surface area contributed by atoms with E-state index in [4.69, 9.17) is 0 Å². The molecule has 0 fully saturated rings. The molecule has 0 spiro atoms. The third-order valence-corrected chi connectivity index (χ3v) is 5.47. The SMILES string of the molecule is CC(=O)Nc1cccc(Nc2nnc(S[C@H](C)c3ccccc3)s2)c1. The summed E-state index contributed by atoms with van der Waals surface area (Å²) in [5.74, 6) is -0.0957. The fourth-order valence-corrected chi connectivity index (χ4v) is 4.30. The fourth-order valence-electron chi connectivity index (χ4n) is 2.25. The van der Waals surface area contributed by atoms with Crippen LogP contribution in [0.4, 0.5) is 16.5 Å². The van der Waals surface area contributed by atoms with Gasteiger partial charge in [-0.05, 0) is 30.7 Å². The maximum absolute atomic E-state index is 11.2. The smallest absolute Gasteiger partial charge is 0.221 e. The summed E-state index contributed by atoms with van der Waals surface area (Å²) in [4.78, 5) is 11.2. The number of amides is 1. The van der Waals surface area contributed by atoms with Gasteiger partial charge < -0.3 is 10.6 Å². The molecule has 0 radical (unpaired) electrons. The highest BCUT2D eigenvalue weighted by molar-refractivity contribution is 8.01. The van der Waals surface area contributed by atoms with Gasteiger partial charge in [-0.15, -0.1) is 10.2 Å². The van der Waals surface area contributed by atoms with Crippen molar-refractivity contribution in [3.8, 4) is 0 Å². The molecule has 0 aliphatic carbocycles. The van der Waals surface area contributed by atoms with Gasteiger partial charge in [-0.3, -0.25) is 4.79 Å². The van der Waals surface area contributed by atoms with E-state index in [2.05, 4.69) is 39.9 Å². The Labute approximate surface area is 154 Å². The maximum atomic E-state index is 11.2. The van der Waals surface area contributed by atoms with Crippen molar-refractivity contribution in [1.29, 1.82) is 0 Å². The Hall–Kier alpha value is -2.38. The molecule has 3 rings (SSSR count). The van der Waals surface area contributed by atoms with E-state index >= 15 is 0 Å². The molecule has 0 aliphatic rings. The molecule has 0 unspecified atom stereocenters. The molecule has 1 heterocycles. The topological polar surface area (TPSA) is 66.9 Å². The Morgan fingerprint density at radius 3 is 2.60 bits per heavy atom. The summed E-state index contributed by atoms with van der Waals surface area (Å²) in [7, 11) is 0. The van der Waals surface area contributed by atoms with E-state index in [1.807, 2.05) is 42.5 Å². The Morgan fingerprint density at radius 2 is 1.84 bits per heavy atom. The van der Waals surface area contributed by atoms with Crippen LogP contribution in [-0.4, -0.2) is 16.1 Å². The second kappa shape index (κ2) is 8.13. The first kappa shape index (κ1) is 17.4. The van der Waals surface area contributed by atoms with Crippen LogP contribution in [-0.2, 0) is 4.79 Å². The summed E-state index contributed by atoms with van der Waals surface area (Å²) in [5.41, 5.74) is 2.87. The largest absolute Gasteiger partial charge is 0.330 e. The predicted molar refractivity (Wildman–Crippen MR) is 105 cm³/mol. The molecule has 0 saturated heterocycles. The first-order chi connectivity index (χ1) is 12.1. The summed E-state index contributed by atoms with van der Waals surface area (Å²) in [5, 5.41) is 15.5. The number of aromatic nitrogens is 2. The van der Waals surface area contributed by atoms with Gasteiger partial charge in [0.05, 0.1) is 0 Å². The number of thioether (sulfide) groups is 1. The lowest BCUT2D eigenvalue weighted by Crippen LogP contribution is -2.05. The lowest BCUT2D eigenvalue weighted by atomic mass is 10.2. The van der Waals surface area contributed by atoms with Gasteiger partial charge in [0.1, 0.15) is 0 Å². The summed E-state index contributed by atoms with van der Waals surface area (Å²) in [6.45, 7) is 3.65. The minimum atomic E-state index is -0.0957. The molecule has 0 aliphatic heterocycles. The molecule has 0 saturated carbocycles. The van der Waals surface area contributed by atoms with Crippen LogP contribution < -0.4 is 10.6 Å². The highest BCUT2D eigenvalue weighted by atomic mass is 32.2. The predicted octanol–water partition coefficient (Wildman–Crippen LogP) is 5.09. The second-order valence-electron chi connectivity index (χ2n) is 5.43. The minimum Gasteiger partial charge on any atom is -0.330 e. The van der Waals surface area contributed by atoms with E-state index in [9.17, 15) is 4.79 Å². The van der Waals surface area contributed by atoms with Gasteiger partial charge >= 0.3 is 0 Å². The van der Waals surface area contributed by atoms with Gasteiger partial charge in [-0.1, -0.05) is 59.5 Å². The molecule has 25 heavy (non-hydrogen) atoms. The molecule has 2 N–H and O–H groups in total. The number of carbonyl (C=O) groups excluding carboxylic acids is 1. The number of hydrogen-bond acceptors (Lipinski definition) is 6. The van der Waals surface area contributed by atoms with Crippen LogP contribution in [0.5, 0.6) is 0 Å². The Kier molecular flexibility index (Phi) is 5.67. The van der Waals surface area contributed by atoms with Crippen LogP contribution in [0.3, 0.4) is 0 Å². The fraction of sp³-hybridized carbons (Fsp3) is 0.167. The van der Waals surface area contributed by atoms with Crippen LogP contribution in [0, 0.1) is 0 Å². The van der Waals surface area contributed by atoms with Crippen molar-refractivity contribution in [3.05, 3.63) is 60.2 Å². The van der Waals surface area contributed by atoms with Gasteiger partial charge in [-0.2, -0.15) is 0 Å². The second-order valence-corrected chi connectivity index (χ2v) is 8.00. The van der Waals surface area contributed by atoms with Crippen LogP contribution in [0.15, 0.2) is 58.9 Å². The lowest BCUT2D eigenvalue weighted by Gasteiger charge is -2.08. The van der Waals surface area contributed by atoms with Crippen molar-refractivity contribution in [3.63, 3.8) is 0 Å². The van der Waals surface area contributed by atoms with Crippen LogP contribution in [0.25, 0.3) is 0 Å². The van der Waals surface area contributed by atoms with E-state index in [0.717, 1.165) is 20.8 Å². The Bertz CT molecular complexity index is 851. The zero-order valence-corrected chi connectivity index (χ0v) is 15.5. The molecule has 0 bridgehead atoms. The monoisotopic (exact) mass is 370 g/mol. The molecule has 5 nitrogen and oxygen atoms in total. The Morgan fingerprint density at radius 1 is 1.08 bits per heavy atom. The molecule has 1 atom stereocenters. The summed E-state index contributed by atoms with van der Waals surface area (Å²) in [6.07, 6.45) is 0. The zero-order chi connectivity index (χ0) is 17.6. The molecular formula is C18H18N4OS2. The number of carbonyl (C=O) groups is 1. The zero-order valence-electron chi connectivity index (χ0n) is 13.9. The van der Waals surface area contributed by atoms with Crippen molar-refractivity contribution in [1.82, 2.24) is 10.2 Å². The van der Waals surface area contributed by atoms with E-state index in [1.165, 1.54) is 23.8 Å². The average molecular weight is 371 g/mol. The molecule has 128 valence electrons. The van der Waals surface area contributed by atoms with E-state index < -0.39 is 0 Å². The van der Waals surface area contributed by atoms with Crippen LogP contribution in [0.1, 0.15) is 24.7 Å². The van der Waals surface area contributed by atoms with E-state index in [1.54, 1.807) is 11.8 Å². The van der Waals surface area contributed by atoms with Gasteiger partial charge in [0.2, 0.25) is 11.0 Å². The van der Waals surface area contributed by atoms with Crippen molar-refractivity contribution < 1.29 is 4.79 Å². The first-order valence-corrected chi connectivity index (χ1v) is 9.49. The molecule has 2 aromatic carbocycles. The third kappa shape index (κ3) is 5.04. The quantitative estimate of drug-likeness (QED) is 0.591. The van der Waals surface area contributed by atoms with E-state index in [0.29, 0.717) is 5.25 Å². The number of hydrogen-bond donors (Lipinski definition) is 2. The summed E-state index contributed by atoms with van der Waals surface area (Å²) < 4.78 is 0.914. The van der Waals surface area contributed by atoms with E-state index in [-0.39, 0.29) is 5.91 Å². The van der Waals surface area contributed by atoms with Crippen molar-refractivity contribution >= 4 is 45.5 Å². The number of benzene rings is 2. The Balaban J connectivity index is 1.65. The number of nitrogens with one attached hydrogen (secondary N) is 2. The highest BCUT2D eigenvalue weighted by Gasteiger charge is 2.11. The minimum absolute atomic E-state index is 0.0957. The average Bonchev–Trinajstić information content (AvgIpc) is 3.02. The van der Waals surface area contributed by atoms with Gasteiger partial charge in [0.25, 0.3) is 0 Å². The summed E-state index contributed by atoms with van der Waals surface area (Å²) >= 11 is 3.20. The van der Waals surface area contributed by atoms with Crippen molar-refractivity contribution in [2.45, 2.75) is 23.4 Å². The standard InChI is InChI=1S/C18H18N4OS2/c1-12(14-7-4-3-5-8-14)24-18-22-21-17(25-18)20-16-10-6-9-15(11-16)19-13(2)23/h3-12H,1-2H3,(H,19,23)(H,20,21)/t12-/m1/s1. The molecule has 1 amide bonds. The van der Waals surface area contributed by atoms with Crippen LogP contribution >= 0.6 is 23.1 Å². The van der Waals surface area contributed by atoms with Crippen molar-refractivity contribution in [2.75, 3.05) is 10.6 Å². The number of rotatable bonds is 6. The van der Waals surface area contributed by atoms with Gasteiger partial charge in [0, 0.05) is 23.5 Å². The molecule has 7 heteroatoms. The number of anilines is 3. The molecule has 1 aromatic heterocycles. The third-order valence-electron chi connectivity index (χ3n) is 3.39. The van der Waals surface area contributed by atoms with Crippen LogP contribution in [0.2, 0.25) is 0 Å². The normalized spacial score (nSPS) is 11.8. The lowest BCUT2D eigenvalue weighted by molar-refractivity contribution is -0.114. The first-order valence-electron chi connectivity index (χ1n) is 7.80. The highest BCUT2D eigenvalue weighted by Crippen LogP contribution is 2.37. The van der Waals surface area contributed by atoms with Gasteiger partial charge in [-0.25, -0.2) is 0 Å². The number of nitrogens with zero attached hydrogens (tertiary/aromatic N) is 2. The maximum Gasteiger partial charge on any atom is 0.221 e.